The van der Waals surface area contributed by atoms with Gasteiger partial charge in [0.25, 0.3) is 11.8 Å². The third-order valence-corrected chi connectivity index (χ3v) is 2.89. The monoisotopic (exact) mass is 293 g/mol. The highest BCUT2D eigenvalue weighted by Gasteiger charge is 2.51. The Balaban J connectivity index is 1.78. The van der Waals surface area contributed by atoms with E-state index in [4.69, 9.17) is 15.7 Å². The molecule has 1 saturated heterocycles. The van der Waals surface area contributed by atoms with Crippen LogP contribution in [0.4, 0.5) is 0 Å². The Morgan fingerprint density at radius 2 is 1.90 bits per heavy atom. The highest BCUT2D eigenvalue weighted by Crippen LogP contribution is 2.23. The number of amides is 2. The molecule has 8 nitrogen and oxygen atoms in total. The van der Waals surface area contributed by atoms with Gasteiger partial charge in [0.2, 0.25) is 0 Å². The van der Waals surface area contributed by atoms with Crippen LogP contribution in [0.15, 0.2) is 30.3 Å². The number of hydrogen-bond donors (Lipinski definition) is 3. The summed E-state index contributed by atoms with van der Waals surface area (Å²) in [5.74, 6) is 2.88. The van der Waals surface area contributed by atoms with Crippen molar-refractivity contribution in [1.29, 1.82) is 0 Å². The lowest BCUT2D eigenvalue weighted by Crippen LogP contribution is -2.45. The van der Waals surface area contributed by atoms with E-state index < -0.39 is 36.5 Å². The minimum Gasteiger partial charge on any atom is -0.480 e. The lowest BCUT2D eigenvalue weighted by molar-refractivity contribution is -0.145. The van der Waals surface area contributed by atoms with Gasteiger partial charge in [-0.1, -0.05) is 30.3 Å². The largest absolute Gasteiger partial charge is 0.480 e. The molecule has 0 bridgehead atoms. The molecule has 1 aliphatic heterocycles. The number of carboxylic acid groups (broad SMARTS) is 1. The smallest absolute Gasteiger partial charge is 0.324 e. The van der Waals surface area contributed by atoms with E-state index in [2.05, 4.69) is 5.32 Å². The number of ether oxygens (including phenoxy) is 1. The quantitative estimate of drug-likeness (QED) is 0.263. The molecule has 2 atom stereocenters. The summed E-state index contributed by atoms with van der Waals surface area (Å²) in [5.41, 5.74) is 0.917. The number of rotatable bonds is 6. The van der Waals surface area contributed by atoms with Crippen LogP contribution in [0, 0.1) is 0 Å². The molecule has 0 aliphatic carbocycles. The van der Waals surface area contributed by atoms with Gasteiger partial charge in [0, 0.05) is 6.54 Å². The number of nitrogens with zero attached hydrogens (tertiary/aromatic N) is 1. The van der Waals surface area contributed by atoms with Gasteiger partial charge in [-0.2, -0.15) is 0 Å². The fourth-order valence-corrected chi connectivity index (χ4v) is 1.77. The Labute approximate surface area is 120 Å². The Hall–Kier alpha value is -2.45. The number of benzene rings is 1. The molecule has 1 aromatic carbocycles. The van der Waals surface area contributed by atoms with Crippen LogP contribution in [0.2, 0.25) is 0 Å². The van der Waals surface area contributed by atoms with Crippen molar-refractivity contribution < 1.29 is 24.2 Å². The number of nitrogens with two attached hydrogens (primary N) is 1. The lowest BCUT2D eigenvalue weighted by atomic mass is 10.2. The summed E-state index contributed by atoms with van der Waals surface area (Å²) in [7, 11) is 0. The van der Waals surface area contributed by atoms with Crippen molar-refractivity contribution in [2.75, 3.05) is 6.54 Å². The van der Waals surface area contributed by atoms with Gasteiger partial charge in [0.15, 0.2) is 12.2 Å². The maximum Gasteiger partial charge on any atom is 0.324 e. The zero-order valence-corrected chi connectivity index (χ0v) is 11.1. The first-order valence-electron chi connectivity index (χ1n) is 6.24. The Morgan fingerprint density at radius 1 is 1.24 bits per heavy atom. The van der Waals surface area contributed by atoms with Crippen LogP contribution in [0.1, 0.15) is 5.56 Å². The molecule has 8 heteroatoms. The zero-order chi connectivity index (χ0) is 15.4. The maximum atomic E-state index is 11.8. The lowest BCUT2D eigenvalue weighted by Gasteiger charge is -2.11. The molecule has 0 aromatic heterocycles. The molecule has 2 rings (SSSR count). The average Bonchev–Trinajstić information content (AvgIpc) is 3.24. The van der Waals surface area contributed by atoms with Crippen LogP contribution in [0.3, 0.4) is 0 Å². The number of nitrogens with one attached hydrogen (secondary N) is 1. The number of carbonyl (C=O) groups is 3. The van der Waals surface area contributed by atoms with Gasteiger partial charge >= 0.3 is 5.97 Å². The topological polar surface area (TPSA) is 125 Å². The average molecular weight is 293 g/mol. The Kier molecular flexibility index (Phi) is 4.51. The van der Waals surface area contributed by atoms with Crippen LogP contribution in [-0.2, 0) is 25.7 Å². The second-order valence-electron chi connectivity index (χ2n) is 4.54. The van der Waals surface area contributed by atoms with Crippen LogP contribution in [-0.4, -0.2) is 46.7 Å². The van der Waals surface area contributed by atoms with Crippen molar-refractivity contribution in [2.45, 2.75) is 18.8 Å². The molecular formula is C13H15N3O5. The number of epoxide rings is 1. The molecule has 1 aromatic rings. The SMILES string of the molecule is NN(CC(=O)O)C(=O)C1O[C@@H]1C(=O)NCc1ccccc1. The van der Waals surface area contributed by atoms with Gasteiger partial charge < -0.3 is 15.2 Å². The number of aliphatic carboxylic acids is 1. The van der Waals surface area contributed by atoms with E-state index in [0.717, 1.165) is 5.56 Å². The number of carboxylic acids is 1. The predicted molar refractivity (Wildman–Crippen MR) is 70.5 cm³/mol. The fourth-order valence-electron chi connectivity index (χ4n) is 1.77. The summed E-state index contributed by atoms with van der Waals surface area (Å²) in [6.45, 7) is -0.320. The zero-order valence-electron chi connectivity index (χ0n) is 11.1. The van der Waals surface area contributed by atoms with E-state index >= 15 is 0 Å². The first-order chi connectivity index (χ1) is 9.99. The van der Waals surface area contributed by atoms with E-state index in [0.29, 0.717) is 11.6 Å². The Morgan fingerprint density at radius 3 is 2.52 bits per heavy atom. The summed E-state index contributed by atoms with van der Waals surface area (Å²) in [6.07, 6.45) is -1.92. The normalized spacial score (nSPS) is 19.7. The standard InChI is InChI=1S/C13H15N3O5/c14-16(7-9(17)18)13(20)11-10(21-11)12(19)15-6-8-4-2-1-3-5-8/h1-5,10-11H,6-7,14H2,(H,15,19)(H,17,18)/t10-,11?/m0/s1. The van der Waals surface area contributed by atoms with Crippen molar-refractivity contribution in [3.8, 4) is 0 Å². The van der Waals surface area contributed by atoms with Crippen molar-refractivity contribution >= 4 is 17.8 Å². The molecule has 0 radical (unpaired) electrons. The molecule has 1 fully saturated rings. The van der Waals surface area contributed by atoms with E-state index in [-0.39, 0.29) is 0 Å². The summed E-state index contributed by atoms with van der Waals surface area (Å²) < 4.78 is 4.96. The minimum absolute atomic E-state index is 0.321. The summed E-state index contributed by atoms with van der Waals surface area (Å²) in [6, 6.07) is 9.26. The van der Waals surface area contributed by atoms with E-state index in [1.54, 1.807) is 0 Å². The fraction of sp³-hybridized carbons (Fsp3) is 0.308. The van der Waals surface area contributed by atoms with Gasteiger partial charge in [-0.25, -0.2) is 5.84 Å². The van der Waals surface area contributed by atoms with Crippen molar-refractivity contribution in [2.24, 2.45) is 5.84 Å². The van der Waals surface area contributed by atoms with E-state index in [9.17, 15) is 14.4 Å². The molecule has 2 amide bonds. The van der Waals surface area contributed by atoms with Crippen LogP contribution >= 0.6 is 0 Å². The van der Waals surface area contributed by atoms with Crippen LogP contribution < -0.4 is 11.2 Å². The predicted octanol–water partition coefficient (Wildman–Crippen LogP) is -1.14. The second-order valence-corrected chi connectivity index (χ2v) is 4.54. The molecule has 112 valence electrons. The summed E-state index contributed by atoms with van der Waals surface area (Å²) in [5, 5.41) is 11.7. The number of carbonyl (C=O) groups excluding carboxylic acids is 2. The summed E-state index contributed by atoms with van der Waals surface area (Å²) in [4.78, 5) is 33.9. The van der Waals surface area contributed by atoms with Gasteiger partial charge in [-0.15, -0.1) is 0 Å². The third-order valence-electron chi connectivity index (χ3n) is 2.89. The van der Waals surface area contributed by atoms with E-state index in [1.165, 1.54) is 0 Å². The number of hydrazine groups is 1. The first-order valence-corrected chi connectivity index (χ1v) is 6.24. The van der Waals surface area contributed by atoms with Gasteiger partial charge in [-0.05, 0) is 5.56 Å². The van der Waals surface area contributed by atoms with Gasteiger partial charge in [0.1, 0.15) is 6.54 Å². The maximum absolute atomic E-state index is 11.8. The van der Waals surface area contributed by atoms with Crippen molar-refractivity contribution in [3.63, 3.8) is 0 Å². The van der Waals surface area contributed by atoms with Crippen LogP contribution in [0.5, 0.6) is 0 Å². The van der Waals surface area contributed by atoms with Crippen LogP contribution in [0.25, 0.3) is 0 Å². The van der Waals surface area contributed by atoms with Gasteiger partial charge in [-0.3, -0.25) is 19.4 Å². The molecule has 21 heavy (non-hydrogen) atoms. The van der Waals surface area contributed by atoms with Gasteiger partial charge in [0.05, 0.1) is 0 Å². The Bertz CT molecular complexity index is 548. The van der Waals surface area contributed by atoms with E-state index in [1.807, 2.05) is 30.3 Å². The summed E-state index contributed by atoms with van der Waals surface area (Å²) >= 11 is 0. The van der Waals surface area contributed by atoms with Crippen molar-refractivity contribution in [1.82, 2.24) is 10.3 Å². The molecule has 1 heterocycles. The third kappa shape index (κ3) is 4.01. The second kappa shape index (κ2) is 6.33. The molecule has 1 unspecified atom stereocenters. The highest BCUT2D eigenvalue weighted by atomic mass is 16.6. The highest BCUT2D eigenvalue weighted by molar-refractivity contribution is 5.95. The first kappa shape index (κ1) is 14.9. The molecular weight excluding hydrogens is 278 g/mol. The molecule has 0 saturated carbocycles. The van der Waals surface area contributed by atoms with Crippen molar-refractivity contribution in [3.05, 3.63) is 35.9 Å². The molecule has 1 aliphatic rings. The minimum atomic E-state index is -1.24. The molecule has 4 N–H and O–H groups in total. The number of hydrogen-bond acceptors (Lipinski definition) is 5. The molecule has 0 spiro atoms.